The van der Waals surface area contributed by atoms with Gasteiger partial charge in [0, 0.05) is 25.2 Å². The maximum atomic E-state index is 10.3. The van der Waals surface area contributed by atoms with Crippen molar-refractivity contribution in [3.8, 4) is 34.3 Å². The Labute approximate surface area is 186 Å². The molecule has 32 heavy (non-hydrogen) atoms. The van der Waals surface area contributed by atoms with E-state index < -0.39 is 0 Å². The van der Waals surface area contributed by atoms with E-state index in [1.165, 1.54) is 0 Å². The van der Waals surface area contributed by atoms with Gasteiger partial charge < -0.3 is 4.90 Å². The molecule has 5 aromatic rings. The summed E-state index contributed by atoms with van der Waals surface area (Å²) in [5.41, 5.74) is 5.45. The van der Waals surface area contributed by atoms with Crippen LogP contribution in [0.2, 0.25) is 0 Å². The average Bonchev–Trinajstić information content (AvgIpc) is 3.25. The van der Waals surface area contributed by atoms with Gasteiger partial charge in [-0.1, -0.05) is 78.9 Å². The number of para-hydroxylation sites is 1. The number of nitriles is 1. The summed E-state index contributed by atoms with van der Waals surface area (Å²) >= 11 is 0. The molecule has 0 aliphatic rings. The van der Waals surface area contributed by atoms with Crippen LogP contribution in [0.1, 0.15) is 5.56 Å². The van der Waals surface area contributed by atoms with Gasteiger partial charge in [-0.2, -0.15) is 10.4 Å². The van der Waals surface area contributed by atoms with Crippen LogP contribution in [0.25, 0.3) is 39.1 Å². The number of hydrogen-bond donors (Lipinski definition) is 0. The molecular formula is C27H21N5. The Morgan fingerprint density at radius 3 is 1.81 bits per heavy atom. The van der Waals surface area contributed by atoms with E-state index in [0.717, 1.165) is 33.7 Å². The topological polar surface area (TPSA) is 57.7 Å². The Kier molecular flexibility index (Phi) is 4.89. The minimum Gasteiger partial charge on any atom is -0.362 e. The van der Waals surface area contributed by atoms with Gasteiger partial charge in [0.25, 0.3) is 0 Å². The summed E-state index contributed by atoms with van der Waals surface area (Å²) in [6.07, 6.45) is 0. The number of fused-ring (bicyclic) bond motifs is 1. The third-order valence-corrected chi connectivity index (χ3v) is 5.43. The van der Waals surface area contributed by atoms with E-state index in [4.69, 9.17) is 10.1 Å². The second-order valence-electron chi connectivity index (χ2n) is 7.72. The maximum Gasteiger partial charge on any atom is 0.141 e. The first-order valence-electron chi connectivity index (χ1n) is 10.4. The van der Waals surface area contributed by atoms with Crippen LogP contribution in [0.3, 0.4) is 0 Å². The summed E-state index contributed by atoms with van der Waals surface area (Å²) in [6, 6.07) is 32.3. The summed E-state index contributed by atoms with van der Waals surface area (Å²) in [5, 5.41) is 16.1. The van der Waals surface area contributed by atoms with E-state index >= 15 is 0 Å². The molecule has 0 spiro atoms. The van der Waals surface area contributed by atoms with Crippen LogP contribution < -0.4 is 4.90 Å². The Morgan fingerprint density at radius 2 is 1.28 bits per heavy atom. The Bertz CT molecular complexity index is 1430. The van der Waals surface area contributed by atoms with Crippen LogP contribution in [-0.4, -0.2) is 28.9 Å². The molecule has 5 nitrogen and oxygen atoms in total. The summed E-state index contributed by atoms with van der Waals surface area (Å²) in [4.78, 5) is 7.01. The third kappa shape index (κ3) is 3.19. The summed E-state index contributed by atoms with van der Waals surface area (Å²) in [5.74, 6) is 0.847. The molecule has 5 heteroatoms. The average molecular weight is 416 g/mol. The van der Waals surface area contributed by atoms with Crippen molar-refractivity contribution in [1.82, 2.24) is 14.8 Å². The fourth-order valence-corrected chi connectivity index (χ4v) is 4.02. The molecule has 5 rings (SSSR count). The lowest BCUT2D eigenvalue weighted by molar-refractivity contribution is 0.866. The van der Waals surface area contributed by atoms with Crippen molar-refractivity contribution < 1.29 is 0 Å². The Balaban J connectivity index is 1.97. The molecule has 0 aliphatic heterocycles. The number of hydrogen-bond acceptors (Lipinski definition) is 4. The van der Waals surface area contributed by atoms with Gasteiger partial charge in [0.1, 0.15) is 17.4 Å². The van der Waals surface area contributed by atoms with Gasteiger partial charge in [-0.05, 0) is 12.1 Å². The highest BCUT2D eigenvalue weighted by molar-refractivity contribution is 6.05. The largest absolute Gasteiger partial charge is 0.362 e. The quantitative estimate of drug-likeness (QED) is 0.378. The van der Waals surface area contributed by atoms with E-state index in [1.807, 2.05) is 115 Å². The van der Waals surface area contributed by atoms with Crippen LogP contribution >= 0.6 is 0 Å². The molecule has 0 amide bonds. The van der Waals surface area contributed by atoms with Crippen molar-refractivity contribution >= 4 is 16.7 Å². The molecule has 0 saturated heterocycles. The Hall–Kier alpha value is -4.43. The molecule has 154 valence electrons. The minimum absolute atomic E-state index is 0.525. The molecule has 0 atom stereocenters. The van der Waals surface area contributed by atoms with Crippen molar-refractivity contribution in [3.05, 3.63) is 96.6 Å². The van der Waals surface area contributed by atoms with Gasteiger partial charge >= 0.3 is 0 Å². The zero-order valence-electron chi connectivity index (χ0n) is 17.9. The van der Waals surface area contributed by atoms with E-state index in [2.05, 4.69) is 6.07 Å². The van der Waals surface area contributed by atoms with Gasteiger partial charge in [0.15, 0.2) is 0 Å². The number of benzene rings is 3. The number of pyridine rings is 1. The van der Waals surface area contributed by atoms with Gasteiger partial charge in [-0.15, -0.1) is 0 Å². The van der Waals surface area contributed by atoms with Crippen LogP contribution in [-0.2, 0) is 0 Å². The van der Waals surface area contributed by atoms with Crippen LogP contribution in [0, 0.1) is 11.3 Å². The minimum atomic E-state index is 0.525. The second-order valence-corrected chi connectivity index (χ2v) is 7.72. The lowest BCUT2D eigenvalue weighted by atomic mass is 9.99. The summed E-state index contributed by atoms with van der Waals surface area (Å²) < 4.78 is 1.90. The molecule has 0 N–H and O–H groups in total. The first-order chi connectivity index (χ1) is 15.7. The maximum absolute atomic E-state index is 10.3. The highest BCUT2D eigenvalue weighted by Crippen LogP contribution is 2.39. The number of nitrogens with zero attached hydrogens (tertiary/aromatic N) is 5. The molecule has 0 fully saturated rings. The molecule has 0 radical (unpaired) electrons. The molecule has 0 bridgehead atoms. The van der Waals surface area contributed by atoms with Gasteiger partial charge in [0.05, 0.1) is 28.0 Å². The van der Waals surface area contributed by atoms with Crippen molar-refractivity contribution in [2.75, 3.05) is 19.0 Å². The molecule has 2 heterocycles. The monoisotopic (exact) mass is 415 g/mol. The van der Waals surface area contributed by atoms with E-state index in [9.17, 15) is 5.26 Å². The van der Waals surface area contributed by atoms with Crippen molar-refractivity contribution in [2.45, 2.75) is 0 Å². The van der Waals surface area contributed by atoms with Gasteiger partial charge in [0.2, 0.25) is 0 Å². The van der Waals surface area contributed by atoms with Gasteiger partial charge in [-0.25, -0.2) is 9.67 Å². The van der Waals surface area contributed by atoms with Gasteiger partial charge in [-0.3, -0.25) is 0 Å². The predicted molar refractivity (Wildman–Crippen MR) is 129 cm³/mol. The van der Waals surface area contributed by atoms with Crippen molar-refractivity contribution in [2.24, 2.45) is 0 Å². The van der Waals surface area contributed by atoms with E-state index in [-0.39, 0.29) is 0 Å². The predicted octanol–water partition coefficient (Wildman–Crippen LogP) is 5.69. The first kappa shape index (κ1) is 19.5. The highest BCUT2D eigenvalue weighted by Gasteiger charge is 2.25. The van der Waals surface area contributed by atoms with Crippen molar-refractivity contribution in [3.63, 3.8) is 0 Å². The number of aromatic nitrogens is 3. The lowest BCUT2D eigenvalue weighted by Crippen LogP contribution is -2.14. The lowest BCUT2D eigenvalue weighted by Gasteiger charge is -2.16. The standard InChI is InChI=1S/C27H21N5/c1-31(2)27-23-22(18-28)24(19-12-6-3-7-13-19)29-25(20-14-8-4-9-15-20)26(23)30-32(27)21-16-10-5-11-17-21/h3-17H,1-2H3. The zero-order chi connectivity index (χ0) is 22.1. The van der Waals surface area contributed by atoms with E-state index in [0.29, 0.717) is 16.8 Å². The fraction of sp³-hybridized carbons (Fsp3) is 0.0741. The highest BCUT2D eigenvalue weighted by atomic mass is 15.4. The molecule has 0 unspecified atom stereocenters. The molecule has 2 aromatic heterocycles. The summed E-state index contributed by atoms with van der Waals surface area (Å²) in [6.45, 7) is 0. The SMILES string of the molecule is CN(C)c1c2c(C#N)c(-c3ccccc3)nc(-c3ccccc3)c2nn1-c1ccccc1. The van der Waals surface area contributed by atoms with Crippen LogP contribution in [0.4, 0.5) is 5.82 Å². The van der Waals surface area contributed by atoms with Crippen molar-refractivity contribution in [1.29, 1.82) is 5.26 Å². The molecule has 0 saturated carbocycles. The smallest absolute Gasteiger partial charge is 0.141 e. The normalized spacial score (nSPS) is 10.8. The molecular weight excluding hydrogens is 394 g/mol. The second kappa shape index (κ2) is 8.01. The Morgan fingerprint density at radius 1 is 0.750 bits per heavy atom. The number of anilines is 1. The van der Waals surface area contributed by atoms with E-state index in [1.54, 1.807) is 0 Å². The fourth-order valence-electron chi connectivity index (χ4n) is 4.02. The summed E-state index contributed by atoms with van der Waals surface area (Å²) in [7, 11) is 3.95. The third-order valence-electron chi connectivity index (χ3n) is 5.43. The van der Waals surface area contributed by atoms with Crippen LogP contribution in [0.5, 0.6) is 0 Å². The zero-order valence-corrected chi connectivity index (χ0v) is 17.9. The van der Waals surface area contributed by atoms with Crippen LogP contribution in [0.15, 0.2) is 91.0 Å². The first-order valence-corrected chi connectivity index (χ1v) is 10.4. The molecule has 3 aromatic carbocycles. The number of rotatable bonds is 4. The molecule has 0 aliphatic carbocycles.